The lowest BCUT2D eigenvalue weighted by atomic mass is 10.1. The summed E-state index contributed by atoms with van der Waals surface area (Å²) in [6.45, 7) is 2.07. The second kappa shape index (κ2) is 13.2. The van der Waals surface area contributed by atoms with Crippen molar-refractivity contribution in [3.8, 4) is 5.75 Å². The van der Waals surface area contributed by atoms with Crippen LogP contribution in [0.2, 0.25) is 0 Å². The Hall–Kier alpha value is -1.99. The van der Waals surface area contributed by atoms with Gasteiger partial charge in [-0.2, -0.15) is 0 Å². The molecule has 1 atom stereocenters. The van der Waals surface area contributed by atoms with Crippen molar-refractivity contribution in [3.05, 3.63) is 29.8 Å². The zero-order valence-corrected chi connectivity index (χ0v) is 16.4. The Morgan fingerprint density at radius 3 is 2.54 bits per heavy atom. The topological polar surface area (TPSA) is 91.1 Å². The zero-order chi connectivity index (χ0) is 18.7. The molecule has 7 nitrogen and oxygen atoms in total. The molecule has 148 valence electrons. The molecule has 1 aromatic carbocycles. The highest BCUT2D eigenvalue weighted by Gasteiger charge is 2.19. The molecule has 0 aromatic heterocycles. The third kappa shape index (κ3) is 8.40. The quantitative estimate of drug-likeness (QED) is 0.376. The standard InChI is InChI=1S/C18H28N2O5.ClH/c1-14(12-15-8-4-5-9-16(15)23-3)20(2)18(22)25-13-24-17(21)10-6-7-11-19;/h4-5,8-9,14H,6-7,10-13,19H2,1-3H3;1H. The van der Waals surface area contributed by atoms with Gasteiger partial charge < -0.3 is 24.8 Å². The minimum Gasteiger partial charge on any atom is -0.496 e. The lowest BCUT2D eigenvalue weighted by Gasteiger charge is -2.24. The first kappa shape index (κ1) is 24.0. The number of likely N-dealkylation sites (N-methyl/N-ethyl adjacent to an activating group) is 1. The molecule has 1 unspecified atom stereocenters. The Morgan fingerprint density at radius 1 is 1.19 bits per heavy atom. The van der Waals surface area contributed by atoms with E-state index in [9.17, 15) is 9.59 Å². The van der Waals surface area contributed by atoms with Gasteiger partial charge in [-0.15, -0.1) is 12.4 Å². The van der Waals surface area contributed by atoms with E-state index in [1.54, 1.807) is 14.2 Å². The van der Waals surface area contributed by atoms with E-state index in [1.165, 1.54) is 4.90 Å². The highest BCUT2D eigenvalue weighted by Crippen LogP contribution is 2.20. The predicted octanol–water partition coefficient (Wildman–Crippen LogP) is 2.75. The number of hydrogen-bond acceptors (Lipinski definition) is 6. The number of nitrogens with zero attached hydrogens (tertiary/aromatic N) is 1. The number of hydrogen-bond donors (Lipinski definition) is 1. The van der Waals surface area contributed by atoms with Crippen LogP contribution in [0.3, 0.4) is 0 Å². The van der Waals surface area contributed by atoms with Crippen molar-refractivity contribution < 1.29 is 23.8 Å². The van der Waals surface area contributed by atoms with E-state index in [0.717, 1.165) is 17.7 Å². The number of para-hydroxylation sites is 1. The largest absolute Gasteiger partial charge is 0.496 e. The third-order valence-corrected chi connectivity index (χ3v) is 3.89. The van der Waals surface area contributed by atoms with Crippen molar-refractivity contribution in [3.63, 3.8) is 0 Å². The summed E-state index contributed by atoms with van der Waals surface area (Å²) < 4.78 is 15.2. The molecule has 1 aromatic rings. The molecule has 0 fully saturated rings. The fourth-order valence-corrected chi connectivity index (χ4v) is 2.24. The second-order valence-electron chi connectivity index (χ2n) is 5.77. The Bertz CT molecular complexity index is 556. The summed E-state index contributed by atoms with van der Waals surface area (Å²) in [5.74, 6) is 0.383. The number of amides is 1. The summed E-state index contributed by atoms with van der Waals surface area (Å²) in [5.41, 5.74) is 6.36. The van der Waals surface area contributed by atoms with Gasteiger partial charge in [0.1, 0.15) is 5.75 Å². The van der Waals surface area contributed by atoms with Gasteiger partial charge >= 0.3 is 12.1 Å². The van der Waals surface area contributed by atoms with Crippen LogP contribution in [0, 0.1) is 0 Å². The molecule has 1 amide bonds. The SMILES string of the molecule is COc1ccccc1CC(C)N(C)C(=O)OCOC(=O)CCCCN.Cl. The fourth-order valence-electron chi connectivity index (χ4n) is 2.24. The summed E-state index contributed by atoms with van der Waals surface area (Å²) in [6, 6.07) is 7.55. The van der Waals surface area contributed by atoms with E-state index in [4.69, 9.17) is 19.9 Å². The summed E-state index contributed by atoms with van der Waals surface area (Å²) in [4.78, 5) is 24.9. The minimum atomic E-state index is -0.544. The van der Waals surface area contributed by atoms with Crippen LogP contribution in [0.4, 0.5) is 4.79 Å². The van der Waals surface area contributed by atoms with Gasteiger partial charge in [-0.3, -0.25) is 4.79 Å². The number of nitrogens with two attached hydrogens (primary N) is 1. The number of esters is 1. The van der Waals surface area contributed by atoms with Crippen LogP contribution in [-0.4, -0.2) is 50.5 Å². The predicted molar refractivity (Wildman–Crippen MR) is 102 cm³/mol. The lowest BCUT2D eigenvalue weighted by molar-refractivity contribution is -0.152. The molecule has 0 saturated heterocycles. The number of benzene rings is 1. The van der Waals surface area contributed by atoms with E-state index in [-0.39, 0.29) is 31.7 Å². The number of carbonyl (C=O) groups excluding carboxylic acids is 2. The molecular weight excluding hydrogens is 360 g/mol. The normalized spacial score (nSPS) is 11.1. The first-order chi connectivity index (χ1) is 12.0. The van der Waals surface area contributed by atoms with Crippen LogP contribution in [-0.2, 0) is 20.7 Å². The molecule has 0 saturated carbocycles. The zero-order valence-electron chi connectivity index (χ0n) is 15.6. The summed E-state index contributed by atoms with van der Waals surface area (Å²) in [5, 5.41) is 0. The number of ether oxygens (including phenoxy) is 3. The molecule has 0 aliphatic rings. The van der Waals surface area contributed by atoms with Crippen molar-refractivity contribution in [2.24, 2.45) is 5.73 Å². The monoisotopic (exact) mass is 388 g/mol. The molecule has 8 heteroatoms. The maximum absolute atomic E-state index is 12.0. The first-order valence-corrected chi connectivity index (χ1v) is 8.36. The molecule has 0 spiro atoms. The molecule has 1 rings (SSSR count). The number of unbranched alkanes of at least 4 members (excludes halogenated alkanes) is 1. The lowest BCUT2D eigenvalue weighted by Crippen LogP contribution is -2.37. The molecule has 2 N–H and O–H groups in total. The molecule has 26 heavy (non-hydrogen) atoms. The number of rotatable bonds is 10. The van der Waals surface area contributed by atoms with Crippen molar-refractivity contribution in [2.45, 2.75) is 38.6 Å². The number of methoxy groups -OCH3 is 1. The van der Waals surface area contributed by atoms with Crippen molar-refractivity contribution in [1.82, 2.24) is 4.90 Å². The number of carbonyl (C=O) groups is 2. The first-order valence-electron chi connectivity index (χ1n) is 8.36. The third-order valence-electron chi connectivity index (χ3n) is 3.89. The molecular formula is C18H29ClN2O5. The van der Waals surface area contributed by atoms with Gasteiger partial charge in [0.15, 0.2) is 0 Å². The van der Waals surface area contributed by atoms with Crippen molar-refractivity contribution in [2.75, 3.05) is 27.5 Å². The van der Waals surface area contributed by atoms with Crippen LogP contribution in [0.5, 0.6) is 5.75 Å². The molecule has 0 radical (unpaired) electrons. The van der Waals surface area contributed by atoms with Crippen LogP contribution < -0.4 is 10.5 Å². The molecule has 0 aliphatic carbocycles. The van der Waals surface area contributed by atoms with Gasteiger partial charge in [0.05, 0.1) is 7.11 Å². The average Bonchev–Trinajstić information content (AvgIpc) is 2.61. The maximum atomic E-state index is 12.0. The Labute approximate surface area is 161 Å². The van der Waals surface area contributed by atoms with E-state index in [0.29, 0.717) is 19.4 Å². The van der Waals surface area contributed by atoms with Gasteiger partial charge in [-0.25, -0.2) is 4.79 Å². The van der Waals surface area contributed by atoms with Gasteiger partial charge in [-0.1, -0.05) is 18.2 Å². The van der Waals surface area contributed by atoms with Crippen LogP contribution in [0.15, 0.2) is 24.3 Å². The Morgan fingerprint density at radius 2 is 1.88 bits per heavy atom. The number of halogens is 1. The summed E-state index contributed by atoms with van der Waals surface area (Å²) in [6.07, 6.45) is 1.78. The van der Waals surface area contributed by atoms with Crippen molar-refractivity contribution >= 4 is 24.5 Å². The van der Waals surface area contributed by atoms with Crippen molar-refractivity contribution in [1.29, 1.82) is 0 Å². The van der Waals surface area contributed by atoms with Crippen LogP contribution in [0.1, 0.15) is 31.7 Å². The van der Waals surface area contributed by atoms with Gasteiger partial charge in [-0.05, 0) is 44.4 Å². The van der Waals surface area contributed by atoms with Gasteiger partial charge in [0, 0.05) is 19.5 Å². The smallest absolute Gasteiger partial charge is 0.412 e. The molecule has 0 heterocycles. The van der Waals surface area contributed by atoms with Gasteiger partial charge in [0.2, 0.25) is 6.79 Å². The Kier molecular flexibility index (Phi) is 12.2. The van der Waals surface area contributed by atoms with E-state index in [1.807, 2.05) is 31.2 Å². The van der Waals surface area contributed by atoms with Crippen LogP contribution in [0.25, 0.3) is 0 Å². The Balaban J connectivity index is 0.00000625. The highest BCUT2D eigenvalue weighted by molar-refractivity contribution is 5.85. The van der Waals surface area contributed by atoms with Gasteiger partial charge in [0.25, 0.3) is 0 Å². The van der Waals surface area contributed by atoms with E-state index in [2.05, 4.69) is 0 Å². The fraction of sp³-hybridized carbons (Fsp3) is 0.556. The average molecular weight is 389 g/mol. The summed E-state index contributed by atoms with van der Waals surface area (Å²) >= 11 is 0. The molecule has 0 aliphatic heterocycles. The van der Waals surface area contributed by atoms with E-state index < -0.39 is 12.1 Å². The molecule has 0 bridgehead atoms. The minimum absolute atomic E-state index is 0. The maximum Gasteiger partial charge on any atom is 0.412 e. The van der Waals surface area contributed by atoms with Crippen LogP contribution >= 0.6 is 12.4 Å². The highest BCUT2D eigenvalue weighted by atomic mass is 35.5. The van der Waals surface area contributed by atoms with E-state index >= 15 is 0 Å². The summed E-state index contributed by atoms with van der Waals surface area (Å²) in [7, 11) is 3.26. The second-order valence-corrected chi connectivity index (χ2v) is 5.77.